The van der Waals surface area contributed by atoms with E-state index in [1.807, 2.05) is 11.8 Å². The monoisotopic (exact) mass is 509 g/mol. The predicted molar refractivity (Wildman–Crippen MR) is 147 cm³/mol. The highest BCUT2D eigenvalue weighted by Crippen LogP contribution is 2.33. The number of rotatable bonds is 22. The largest absolute Gasteiger partial charge is 0.347 e. The first kappa shape index (κ1) is 30.0. The van der Waals surface area contributed by atoms with Crippen molar-refractivity contribution in [1.82, 2.24) is 16.0 Å². The lowest BCUT2D eigenvalue weighted by atomic mass is 10.0. The van der Waals surface area contributed by atoms with Crippen LogP contribution in [0.5, 0.6) is 0 Å². The van der Waals surface area contributed by atoms with E-state index >= 15 is 0 Å². The normalized spacial score (nSPS) is 21.9. The van der Waals surface area contributed by atoms with E-state index in [2.05, 4.69) is 22.9 Å². The average molecular weight is 510 g/mol. The minimum atomic E-state index is -0.342. The van der Waals surface area contributed by atoms with Crippen LogP contribution in [0.25, 0.3) is 0 Å². The van der Waals surface area contributed by atoms with Gasteiger partial charge in [-0.15, -0.1) is 0 Å². The summed E-state index contributed by atoms with van der Waals surface area (Å²) in [5, 5.41) is 9.31. The van der Waals surface area contributed by atoms with Crippen molar-refractivity contribution in [2.45, 2.75) is 152 Å². The van der Waals surface area contributed by atoms with E-state index in [9.17, 15) is 14.4 Å². The van der Waals surface area contributed by atoms with E-state index in [1.54, 1.807) is 0 Å². The van der Waals surface area contributed by atoms with Crippen LogP contribution < -0.4 is 16.0 Å². The van der Waals surface area contributed by atoms with Crippen LogP contribution in [0, 0.1) is 0 Å². The Morgan fingerprint density at radius 3 is 2.11 bits per heavy atom. The molecule has 2 aliphatic rings. The van der Waals surface area contributed by atoms with Crippen LogP contribution in [-0.2, 0) is 9.59 Å². The maximum Gasteiger partial charge on any atom is 0.315 e. The van der Waals surface area contributed by atoms with E-state index < -0.39 is 0 Å². The number of nitrogens with one attached hydrogen (secondary N) is 3. The molecular weight excluding hydrogens is 458 g/mol. The molecule has 2 fully saturated rings. The van der Waals surface area contributed by atoms with Gasteiger partial charge < -0.3 is 20.7 Å². The fourth-order valence-electron chi connectivity index (χ4n) is 5.29. The standard InChI is InChI=1S/C28H51N3O3S/c1-2-3-4-5-6-7-8-9-10-11-12-13-14-15-18-23(21-32)29-26(33)20-17-16-19-25-27-24(22-35-25)30-28(34)31-27/h21,23-25,27H,2-20,22H2,1H3,(H,29,33)(H2,30,31,34)/t23?,24-,25-,27-/m0/s1. The number of aldehydes is 1. The van der Waals surface area contributed by atoms with E-state index in [0.29, 0.717) is 11.7 Å². The Morgan fingerprint density at radius 2 is 1.51 bits per heavy atom. The van der Waals surface area contributed by atoms with Crippen molar-refractivity contribution < 1.29 is 14.4 Å². The zero-order valence-electron chi connectivity index (χ0n) is 22.2. The number of hydrogen-bond acceptors (Lipinski definition) is 4. The Kier molecular flexibility index (Phi) is 16.2. The maximum atomic E-state index is 12.2. The molecule has 0 radical (unpaired) electrons. The number of urea groups is 1. The summed E-state index contributed by atoms with van der Waals surface area (Å²) in [5.74, 6) is 0.953. The van der Waals surface area contributed by atoms with Gasteiger partial charge in [0.15, 0.2) is 0 Å². The summed E-state index contributed by atoms with van der Waals surface area (Å²) in [6.45, 7) is 2.27. The SMILES string of the molecule is CCCCCCCCCCCCCCCCC(C=O)NC(=O)CCCC[C@@H]1SC[C@@H]2NC(=O)N[C@@H]21. The van der Waals surface area contributed by atoms with Gasteiger partial charge in [0.2, 0.25) is 5.91 Å². The summed E-state index contributed by atoms with van der Waals surface area (Å²) in [4.78, 5) is 35.1. The molecule has 0 aromatic rings. The molecule has 4 atom stereocenters. The molecule has 0 aliphatic carbocycles. The fourth-order valence-corrected chi connectivity index (χ4v) is 6.83. The topological polar surface area (TPSA) is 87.3 Å². The molecule has 1 unspecified atom stereocenters. The van der Waals surface area contributed by atoms with Crippen molar-refractivity contribution in [3.05, 3.63) is 0 Å². The van der Waals surface area contributed by atoms with Gasteiger partial charge in [0.05, 0.1) is 18.1 Å². The Morgan fingerprint density at radius 1 is 0.914 bits per heavy atom. The second-order valence-corrected chi connectivity index (χ2v) is 11.8. The Bertz CT molecular complexity index is 604. The number of carbonyl (C=O) groups is 3. The zero-order chi connectivity index (χ0) is 25.1. The van der Waals surface area contributed by atoms with Crippen LogP contribution in [0.3, 0.4) is 0 Å². The Hall–Kier alpha value is -1.24. The van der Waals surface area contributed by atoms with Crippen LogP contribution in [0.1, 0.15) is 129 Å². The molecule has 2 heterocycles. The van der Waals surface area contributed by atoms with Crippen molar-refractivity contribution in [3.8, 4) is 0 Å². The highest BCUT2D eigenvalue weighted by atomic mass is 32.2. The molecular formula is C28H51N3O3S. The number of unbranched alkanes of at least 4 members (excludes halogenated alkanes) is 14. The first-order valence-corrected chi connectivity index (χ1v) is 15.6. The van der Waals surface area contributed by atoms with E-state index in [0.717, 1.165) is 50.6 Å². The molecule has 3 amide bonds. The molecule has 0 aromatic heterocycles. The van der Waals surface area contributed by atoms with Gasteiger partial charge in [-0.05, 0) is 19.3 Å². The van der Waals surface area contributed by atoms with Gasteiger partial charge in [-0.2, -0.15) is 11.8 Å². The summed E-state index contributed by atoms with van der Waals surface area (Å²) >= 11 is 1.91. The highest BCUT2D eigenvalue weighted by molar-refractivity contribution is 8.00. The van der Waals surface area contributed by atoms with E-state index in [-0.39, 0.29) is 30.1 Å². The number of carbonyl (C=O) groups excluding carboxylic acids is 3. The third-order valence-electron chi connectivity index (χ3n) is 7.46. The van der Waals surface area contributed by atoms with E-state index in [1.165, 1.54) is 77.0 Å². The third kappa shape index (κ3) is 13.0. The summed E-state index contributed by atoms with van der Waals surface area (Å²) in [6.07, 6.45) is 23.4. The molecule has 2 saturated heterocycles. The quantitative estimate of drug-likeness (QED) is 0.0912. The van der Waals surface area contributed by atoms with Crippen molar-refractivity contribution in [3.63, 3.8) is 0 Å². The van der Waals surface area contributed by atoms with Crippen LogP contribution in [-0.4, -0.2) is 47.4 Å². The molecule has 2 aliphatic heterocycles. The first-order valence-electron chi connectivity index (χ1n) is 14.6. The van der Waals surface area contributed by atoms with Gasteiger partial charge in [0.1, 0.15) is 6.29 Å². The van der Waals surface area contributed by atoms with Gasteiger partial charge in [-0.25, -0.2) is 4.79 Å². The van der Waals surface area contributed by atoms with Gasteiger partial charge in [-0.1, -0.05) is 103 Å². The molecule has 0 aromatic carbocycles. The minimum absolute atomic E-state index is 0.0137. The fraction of sp³-hybridized carbons (Fsp3) is 0.893. The van der Waals surface area contributed by atoms with Crippen molar-refractivity contribution in [2.75, 3.05) is 5.75 Å². The number of hydrogen-bond donors (Lipinski definition) is 3. The molecule has 6 nitrogen and oxygen atoms in total. The molecule has 35 heavy (non-hydrogen) atoms. The van der Waals surface area contributed by atoms with Crippen LogP contribution >= 0.6 is 11.8 Å². The van der Waals surface area contributed by atoms with Crippen molar-refractivity contribution in [2.24, 2.45) is 0 Å². The zero-order valence-corrected chi connectivity index (χ0v) is 23.0. The minimum Gasteiger partial charge on any atom is -0.347 e. The van der Waals surface area contributed by atoms with Crippen molar-refractivity contribution >= 4 is 30.0 Å². The Labute approximate surface area is 218 Å². The molecule has 202 valence electrons. The predicted octanol–water partition coefficient (Wildman–Crippen LogP) is 6.27. The van der Waals surface area contributed by atoms with Crippen LogP contribution in [0.15, 0.2) is 0 Å². The van der Waals surface area contributed by atoms with Crippen molar-refractivity contribution in [1.29, 1.82) is 0 Å². The second kappa shape index (κ2) is 18.9. The van der Waals surface area contributed by atoms with Crippen LogP contribution in [0.2, 0.25) is 0 Å². The summed E-state index contributed by atoms with van der Waals surface area (Å²) in [6, 6.07) is 0.0871. The van der Waals surface area contributed by atoms with E-state index in [4.69, 9.17) is 0 Å². The first-order chi connectivity index (χ1) is 17.1. The van der Waals surface area contributed by atoms with Gasteiger partial charge >= 0.3 is 6.03 Å². The molecule has 2 rings (SSSR count). The molecule has 0 bridgehead atoms. The summed E-state index contributed by atoms with van der Waals surface area (Å²) in [5.41, 5.74) is 0. The summed E-state index contributed by atoms with van der Waals surface area (Å²) in [7, 11) is 0. The molecule has 7 heteroatoms. The number of fused-ring (bicyclic) bond motifs is 1. The molecule has 0 spiro atoms. The number of amides is 3. The molecule has 3 N–H and O–H groups in total. The second-order valence-electron chi connectivity index (χ2n) is 10.6. The van der Waals surface area contributed by atoms with Gasteiger partial charge in [-0.3, -0.25) is 4.79 Å². The third-order valence-corrected chi connectivity index (χ3v) is 8.97. The van der Waals surface area contributed by atoms with Crippen LogP contribution in [0.4, 0.5) is 4.79 Å². The maximum absolute atomic E-state index is 12.2. The lowest BCUT2D eigenvalue weighted by Gasteiger charge is -2.16. The summed E-state index contributed by atoms with van der Waals surface area (Å²) < 4.78 is 0. The van der Waals surface area contributed by atoms with Gasteiger partial charge in [0, 0.05) is 17.4 Å². The smallest absolute Gasteiger partial charge is 0.315 e. The lowest BCUT2D eigenvalue weighted by Crippen LogP contribution is -2.37. The number of thioether (sulfide) groups is 1. The molecule has 0 saturated carbocycles. The Balaban J connectivity index is 1.37. The highest BCUT2D eigenvalue weighted by Gasteiger charge is 2.42. The average Bonchev–Trinajstić information content (AvgIpc) is 3.40. The lowest BCUT2D eigenvalue weighted by molar-refractivity contribution is -0.124. The van der Waals surface area contributed by atoms with Gasteiger partial charge in [0.25, 0.3) is 0 Å².